The number of nitrogens with zero attached hydrogens (tertiary/aromatic N) is 6. The molecule has 3 heterocycles. The predicted octanol–water partition coefficient (Wildman–Crippen LogP) is 2.94. The highest BCUT2D eigenvalue weighted by molar-refractivity contribution is 5.98. The Labute approximate surface area is 194 Å². The van der Waals surface area contributed by atoms with E-state index in [1.54, 1.807) is 31.0 Å². The van der Waals surface area contributed by atoms with Crippen LogP contribution < -0.4 is 15.5 Å². The number of imidazole rings is 1. The second-order valence-corrected chi connectivity index (χ2v) is 9.38. The Morgan fingerprint density at radius 1 is 1.18 bits per heavy atom. The van der Waals surface area contributed by atoms with Gasteiger partial charge < -0.3 is 20.5 Å². The summed E-state index contributed by atoms with van der Waals surface area (Å²) in [5, 5.41) is 3.28. The van der Waals surface area contributed by atoms with Gasteiger partial charge in [0.1, 0.15) is 11.9 Å². The average Bonchev–Trinajstić information content (AvgIpc) is 3.34. The zero-order chi connectivity index (χ0) is 23.6. The number of amides is 1. The number of carbonyl (C=O) groups is 1. The maximum atomic E-state index is 12.2. The number of carbonyl (C=O) groups excluding carboxylic acids is 1. The fourth-order valence-electron chi connectivity index (χ4n) is 4.87. The fourth-order valence-corrected chi connectivity index (χ4v) is 4.87. The fraction of sp³-hybridized carbons (Fsp3) is 0.417. The summed E-state index contributed by atoms with van der Waals surface area (Å²) in [5.74, 6) is 0.803. The van der Waals surface area contributed by atoms with Crippen molar-refractivity contribution in [2.75, 3.05) is 33.5 Å². The lowest BCUT2D eigenvalue weighted by Crippen LogP contribution is -2.60. The van der Waals surface area contributed by atoms with Crippen LogP contribution in [-0.4, -0.2) is 70.6 Å². The first-order chi connectivity index (χ1) is 15.8. The number of aromatic nitrogens is 4. The molecule has 0 spiro atoms. The molecule has 0 bridgehead atoms. The van der Waals surface area contributed by atoms with Crippen molar-refractivity contribution in [1.82, 2.24) is 28.9 Å². The van der Waals surface area contributed by atoms with Gasteiger partial charge in [-0.05, 0) is 39.1 Å². The van der Waals surface area contributed by atoms with Gasteiger partial charge in [0.15, 0.2) is 0 Å². The molecular formula is C24H33N8O+. The first-order valence-electron chi connectivity index (χ1n) is 11.3. The molecule has 3 N–H and O–H groups in total. The van der Waals surface area contributed by atoms with Gasteiger partial charge in [-0.3, -0.25) is 14.3 Å². The van der Waals surface area contributed by atoms with Gasteiger partial charge in [0, 0.05) is 24.9 Å². The van der Waals surface area contributed by atoms with Crippen molar-refractivity contribution in [2.24, 2.45) is 5.73 Å². The van der Waals surface area contributed by atoms with Crippen LogP contribution in [0, 0.1) is 0 Å². The molecule has 174 valence electrons. The standard InChI is InChI=1S/C24H32N8O/c1-30(2)20-7-5-6-8-21(20)32(3,4)22-10-9-19(23(25)33)24(29-22)28-17-13-18(15-27-14-17)31-12-11-26-16-31/h9-16,20-21H,5-8H2,1-4H3,(H2-,25,28,29,33)/p+1. The zero-order valence-electron chi connectivity index (χ0n) is 19.8. The lowest BCUT2D eigenvalue weighted by molar-refractivity contribution is 0.1000. The van der Waals surface area contributed by atoms with Crippen LogP contribution in [0.4, 0.5) is 17.3 Å². The van der Waals surface area contributed by atoms with E-state index in [4.69, 9.17) is 10.7 Å². The highest BCUT2D eigenvalue weighted by atomic mass is 16.1. The average molecular weight is 450 g/mol. The van der Waals surface area contributed by atoms with E-state index in [1.165, 1.54) is 19.3 Å². The summed E-state index contributed by atoms with van der Waals surface area (Å²) in [6.07, 6.45) is 13.5. The number of likely N-dealkylation sites (N-methyl/N-ethyl adjacent to an activating group) is 2. The van der Waals surface area contributed by atoms with E-state index < -0.39 is 5.91 Å². The number of hydrogen-bond donors (Lipinski definition) is 2. The molecule has 2 atom stereocenters. The number of anilines is 2. The maximum Gasteiger partial charge on any atom is 0.252 e. The molecule has 3 aromatic rings. The van der Waals surface area contributed by atoms with Crippen LogP contribution in [0.1, 0.15) is 36.0 Å². The van der Waals surface area contributed by atoms with Crippen molar-refractivity contribution in [2.45, 2.75) is 37.8 Å². The minimum Gasteiger partial charge on any atom is -0.365 e. The lowest BCUT2D eigenvalue weighted by atomic mass is 9.87. The number of rotatable bonds is 7. The number of primary amides is 1. The van der Waals surface area contributed by atoms with E-state index in [2.05, 4.69) is 48.4 Å². The number of hydrogen-bond acceptors (Lipinski definition) is 6. The minimum atomic E-state index is -0.524. The third-order valence-corrected chi connectivity index (χ3v) is 6.71. The van der Waals surface area contributed by atoms with Crippen LogP contribution in [0.25, 0.3) is 5.69 Å². The normalized spacial score (nSPS) is 18.9. The molecule has 9 nitrogen and oxygen atoms in total. The molecule has 1 aliphatic carbocycles. The van der Waals surface area contributed by atoms with Crippen LogP contribution in [0.5, 0.6) is 0 Å². The van der Waals surface area contributed by atoms with Crippen LogP contribution in [0.2, 0.25) is 0 Å². The van der Waals surface area contributed by atoms with Crippen molar-refractivity contribution in [1.29, 1.82) is 0 Å². The number of nitrogens with two attached hydrogens (primary N) is 1. The molecular weight excluding hydrogens is 416 g/mol. The second-order valence-electron chi connectivity index (χ2n) is 9.38. The summed E-state index contributed by atoms with van der Waals surface area (Å²) in [5.41, 5.74) is 7.59. The van der Waals surface area contributed by atoms with E-state index in [9.17, 15) is 4.79 Å². The molecule has 0 aliphatic heterocycles. The first-order valence-corrected chi connectivity index (χ1v) is 11.3. The van der Waals surface area contributed by atoms with Crippen LogP contribution in [0.3, 0.4) is 0 Å². The van der Waals surface area contributed by atoms with Gasteiger partial charge in [0.25, 0.3) is 5.91 Å². The molecule has 0 aromatic carbocycles. The molecule has 0 saturated heterocycles. The van der Waals surface area contributed by atoms with Gasteiger partial charge in [-0.2, -0.15) is 4.98 Å². The summed E-state index contributed by atoms with van der Waals surface area (Å²) in [6.45, 7) is 0. The van der Waals surface area contributed by atoms with Gasteiger partial charge in [0.05, 0.1) is 55.8 Å². The maximum absolute atomic E-state index is 12.2. The Kier molecular flexibility index (Phi) is 6.44. The predicted molar refractivity (Wildman–Crippen MR) is 131 cm³/mol. The molecule has 1 amide bonds. The number of quaternary nitrogens is 1. The summed E-state index contributed by atoms with van der Waals surface area (Å²) in [6, 6.07) is 6.50. The van der Waals surface area contributed by atoms with Crippen molar-refractivity contribution < 1.29 is 4.79 Å². The summed E-state index contributed by atoms with van der Waals surface area (Å²) >= 11 is 0. The third kappa shape index (κ3) is 4.74. The van der Waals surface area contributed by atoms with E-state index in [1.807, 2.05) is 22.9 Å². The Morgan fingerprint density at radius 2 is 1.97 bits per heavy atom. The molecule has 0 radical (unpaired) electrons. The van der Waals surface area contributed by atoms with Gasteiger partial charge in [0.2, 0.25) is 5.82 Å². The third-order valence-electron chi connectivity index (χ3n) is 6.71. The monoisotopic (exact) mass is 449 g/mol. The van der Waals surface area contributed by atoms with E-state index in [0.29, 0.717) is 33.6 Å². The van der Waals surface area contributed by atoms with Crippen LogP contribution >= 0.6 is 0 Å². The first kappa shape index (κ1) is 22.9. The van der Waals surface area contributed by atoms with Crippen molar-refractivity contribution in [3.05, 3.63) is 54.9 Å². The molecule has 1 fully saturated rings. The van der Waals surface area contributed by atoms with Crippen molar-refractivity contribution in [3.63, 3.8) is 0 Å². The number of nitrogens with one attached hydrogen (secondary N) is 1. The van der Waals surface area contributed by atoms with E-state index >= 15 is 0 Å². The summed E-state index contributed by atoms with van der Waals surface area (Å²) in [7, 11) is 8.70. The molecule has 9 heteroatoms. The van der Waals surface area contributed by atoms with Crippen LogP contribution in [-0.2, 0) is 0 Å². The zero-order valence-corrected chi connectivity index (χ0v) is 19.8. The van der Waals surface area contributed by atoms with Crippen LogP contribution in [0.15, 0.2) is 49.3 Å². The number of pyridine rings is 2. The molecule has 1 aliphatic rings. The largest absolute Gasteiger partial charge is 0.365 e. The van der Waals surface area contributed by atoms with Gasteiger partial charge >= 0.3 is 0 Å². The van der Waals surface area contributed by atoms with Crippen molar-refractivity contribution >= 4 is 23.2 Å². The second kappa shape index (κ2) is 9.29. The Hall–Kier alpha value is -3.30. The van der Waals surface area contributed by atoms with Crippen molar-refractivity contribution in [3.8, 4) is 5.69 Å². The Morgan fingerprint density at radius 3 is 2.67 bits per heavy atom. The summed E-state index contributed by atoms with van der Waals surface area (Å²) in [4.78, 5) is 27.8. The highest BCUT2D eigenvalue weighted by Gasteiger charge is 2.41. The molecule has 1 saturated carbocycles. The van der Waals surface area contributed by atoms with E-state index in [0.717, 1.165) is 17.9 Å². The molecule has 4 rings (SSSR count). The molecule has 3 aromatic heterocycles. The lowest BCUT2D eigenvalue weighted by Gasteiger charge is -2.45. The quantitative estimate of drug-likeness (QED) is 0.538. The smallest absolute Gasteiger partial charge is 0.252 e. The topological polar surface area (TPSA) is 102 Å². The Bertz CT molecular complexity index is 1110. The molecule has 33 heavy (non-hydrogen) atoms. The Balaban J connectivity index is 1.69. The van der Waals surface area contributed by atoms with Gasteiger partial charge in [-0.25, -0.2) is 4.98 Å². The molecule has 2 unspecified atom stereocenters. The summed E-state index contributed by atoms with van der Waals surface area (Å²) < 4.78 is 2.49. The minimum absolute atomic E-state index is 0.347. The SMILES string of the molecule is CN(C)C1CCCCC1[N+](C)(C)c1ccc(C(N)=O)c(Nc2cncc(-n3ccnc3)c2)n1. The van der Waals surface area contributed by atoms with Gasteiger partial charge in [-0.15, -0.1) is 0 Å². The highest BCUT2D eigenvalue weighted by Crippen LogP contribution is 2.34. The van der Waals surface area contributed by atoms with Gasteiger partial charge in [-0.1, -0.05) is 6.42 Å². The van der Waals surface area contributed by atoms with E-state index in [-0.39, 0.29) is 0 Å².